The molecule has 6 heteroatoms. The zero-order valence-corrected chi connectivity index (χ0v) is 11.4. The molecule has 0 bridgehead atoms. The zero-order chi connectivity index (χ0) is 14.3. The van der Waals surface area contributed by atoms with Gasteiger partial charge in [-0.25, -0.2) is 4.79 Å². The van der Waals surface area contributed by atoms with Crippen molar-refractivity contribution in [3.05, 3.63) is 0 Å². The Kier molecular flexibility index (Phi) is 7.00. The third-order valence-electron chi connectivity index (χ3n) is 2.94. The highest BCUT2D eigenvalue weighted by Gasteiger charge is 2.19. The molecule has 0 fully saturated rings. The van der Waals surface area contributed by atoms with E-state index in [0.29, 0.717) is 5.92 Å². The van der Waals surface area contributed by atoms with Crippen LogP contribution in [0.2, 0.25) is 0 Å². The Morgan fingerprint density at radius 3 is 2.17 bits per heavy atom. The zero-order valence-electron chi connectivity index (χ0n) is 11.4. The Morgan fingerprint density at radius 1 is 1.17 bits per heavy atom. The van der Waals surface area contributed by atoms with Gasteiger partial charge in [0.05, 0.1) is 0 Å². The molecule has 0 aliphatic rings. The van der Waals surface area contributed by atoms with E-state index < -0.39 is 17.9 Å². The fourth-order valence-corrected chi connectivity index (χ4v) is 1.30. The Labute approximate surface area is 107 Å². The highest BCUT2D eigenvalue weighted by molar-refractivity contribution is 5.94. The molecule has 0 saturated carbocycles. The first-order valence-corrected chi connectivity index (χ1v) is 6.04. The van der Waals surface area contributed by atoms with Crippen molar-refractivity contribution in [2.75, 3.05) is 7.05 Å². The second-order valence-electron chi connectivity index (χ2n) is 4.70. The van der Waals surface area contributed by atoms with Gasteiger partial charge in [-0.15, -0.1) is 0 Å². The summed E-state index contributed by atoms with van der Waals surface area (Å²) in [6.07, 6.45) is 0.208. The minimum Gasteiger partial charge on any atom is -0.481 e. The van der Waals surface area contributed by atoms with Crippen LogP contribution in [0.4, 0.5) is 4.79 Å². The van der Waals surface area contributed by atoms with Crippen LogP contribution in [0.3, 0.4) is 0 Å². The summed E-state index contributed by atoms with van der Waals surface area (Å²) in [7, 11) is 1.63. The van der Waals surface area contributed by atoms with Gasteiger partial charge < -0.3 is 10.0 Å². The number of urea groups is 1. The minimum absolute atomic E-state index is 0.0248. The van der Waals surface area contributed by atoms with Crippen molar-refractivity contribution in [1.82, 2.24) is 10.2 Å². The topological polar surface area (TPSA) is 86.7 Å². The molecule has 1 unspecified atom stereocenters. The Hall–Kier alpha value is -1.59. The van der Waals surface area contributed by atoms with Gasteiger partial charge >= 0.3 is 12.0 Å². The van der Waals surface area contributed by atoms with Crippen molar-refractivity contribution in [3.8, 4) is 0 Å². The first-order valence-electron chi connectivity index (χ1n) is 6.04. The normalized spacial score (nSPS) is 12.1. The molecule has 0 aliphatic carbocycles. The van der Waals surface area contributed by atoms with E-state index in [0.717, 1.165) is 0 Å². The van der Waals surface area contributed by atoms with Crippen molar-refractivity contribution in [2.45, 2.75) is 46.1 Å². The second-order valence-corrected chi connectivity index (χ2v) is 4.70. The van der Waals surface area contributed by atoms with Crippen molar-refractivity contribution in [1.29, 1.82) is 0 Å². The number of nitrogens with one attached hydrogen (secondary N) is 1. The molecular weight excluding hydrogens is 236 g/mol. The molecule has 0 aliphatic heterocycles. The van der Waals surface area contributed by atoms with E-state index in [2.05, 4.69) is 5.32 Å². The van der Waals surface area contributed by atoms with Crippen LogP contribution in [0, 0.1) is 5.92 Å². The van der Waals surface area contributed by atoms with E-state index in [1.54, 1.807) is 7.05 Å². The summed E-state index contributed by atoms with van der Waals surface area (Å²) in [5.41, 5.74) is 0. The third-order valence-corrected chi connectivity index (χ3v) is 2.94. The predicted octanol–water partition coefficient (Wildman–Crippen LogP) is 1.45. The predicted molar refractivity (Wildman–Crippen MR) is 67.1 cm³/mol. The van der Waals surface area contributed by atoms with Crippen LogP contribution in [-0.4, -0.2) is 41.0 Å². The van der Waals surface area contributed by atoms with Crippen LogP contribution in [0.1, 0.15) is 40.0 Å². The molecular formula is C12H22N2O4. The Morgan fingerprint density at radius 2 is 1.72 bits per heavy atom. The van der Waals surface area contributed by atoms with Crippen LogP contribution in [0.25, 0.3) is 0 Å². The largest absolute Gasteiger partial charge is 0.481 e. The number of carbonyl (C=O) groups excluding carboxylic acids is 2. The van der Waals surface area contributed by atoms with E-state index in [1.165, 1.54) is 4.90 Å². The lowest BCUT2D eigenvalue weighted by Gasteiger charge is -2.27. The fourth-order valence-electron chi connectivity index (χ4n) is 1.30. The molecule has 104 valence electrons. The maximum absolute atomic E-state index is 11.7. The summed E-state index contributed by atoms with van der Waals surface area (Å²) in [6, 6.07) is -0.423. The maximum atomic E-state index is 11.7. The van der Waals surface area contributed by atoms with E-state index in [4.69, 9.17) is 5.11 Å². The van der Waals surface area contributed by atoms with Crippen molar-refractivity contribution >= 4 is 17.9 Å². The summed E-state index contributed by atoms with van der Waals surface area (Å²) in [5, 5.41) is 10.7. The highest BCUT2D eigenvalue weighted by Crippen LogP contribution is 2.08. The van der Waals surface area contributed by atoms with Crippen LogP contribution >= 0.6 is 0 Å². The monoisotopic (exact) mass is 258 g/mol. The average Bonchev–Trinajstić information content (AvgIpc) is 2.26. The van der Waals surface area contributed by atoms with E-state index >= 15 is 0 Å². The first-order chi connectivity index (χ1) is 8.25. The Balaban J connectivity index is 4.07. The van der Waals surface area contributed by atoms with Gasteiger partial charge in [0.15, 0.2) is 0 Å². The molecule has 1 atom stereocenters. The minimum atomic E-state index is -0.945. The van der Waals surface area contributed by atoms with Crippen molar-refractivity contribution in [2.24, 2.45) is 5.92 Å². The summed E-state index contributed by atoms with van der Waals surface area (Å²) < 4.78 is 0. The average molecular weight is 258 g/mol. The lowest BCUT2D eigenvalue weighted by molar-refractivity contribution is -0.137. The molecule has 0 radical (unpaired) electrons. The van der Waals surface area contributed by atoms with Gasteiger partial charge in [-0.1, -0.05) is 13.8 Å². The SMILES string of the molecule is CC(C)C(C)N(C)C(=O)NC(=O)CCCC(=O)O. The Bertz CT molecular complexity index is 315. The van der Waals surface area contributed by atoms with Gasteiger partial charge in [-0.2, -0.15) is 0 Å². The maximum Gasteiger partial charge on any atom is 0.324 e. The van der Waals surface area contributed by atoms with E-state index in [9.17, 15) is 14.4 Å². The van der Waals surface area contributed by atoms with Gasteiger partial charge in [0.25, 0.3) is 0 Å². The summed E-state index contributed by atoms with van der Waals surface area (Å²) in [4.78, 5) is 34.8. The number of amides is 3. The fraction of sp³-hybridized carbons (Fsp3) is 0.750. The lowest BCUT2D eigenvalue weighted by atomic mass is 10.1. The summed E-state index contributed by atoms with van der Waals surface area (Å²) in [6.45, 7) is 5.88. The number of hydrogen-bond acceptors (Lipinski definition) is 3. The molecule has 18 heavy (non-hydrogen) atoms. The van der Waals surface area contributed by atoms with Crippen LogP contribution in [0.15, 0.2) is 0 Å². The number of carboxylic acids is 1. The van der Waals surface area contributed by atoms with Crippen LogP contribution in [-0.2, 0) is 9.59 Å². The number of hydrogen-bond donors (Lipinski definition) is 2. The molecule has 0 rings (SSSR count). The van der Waals surface area contributed by atoms with Crippen LogP contribution in [0.5, 0.6) is 0 Å². The van der Waals surface area contributed by atoms with Crippen molar-refractivity contribution in [3.63, 3.8) is 0 Å². The second kappa shape index (κ2) is 7.68. The number of imide groups is 1. The summed E-state index contributed by atoms with van der Waals surface area (Å²) >= 11 is 0. The molecule has 0 heterocycles. The van der Waals surface area contributed by atoms with Gasteiger partial charge in [0.2, 0.25) is 5.91 Å². The third kappa shape index (κ3) is 6.22. The quantitative estimate of drug-likeness (QED) is 0.755. The molecule has 0 aromatic rings. The molecule has 0 spiro atoms. The molecule has 2 N–H and O–H groups in total. The molecule has 3 amide bonds. The van der Waals surface area contributed by atoms with Gasteiger partial charge in [-0.05, 0) is 19.3 Å². The van der Waals surface area contributed by atoms with Gasteiger partial charge in [0.1, 0.15) is 0 Å². The highest BCUT2D eigenvalue weighted by atomic mass is 16.4. The number of carbonyl (C=O) groups is 3. The summed E-state index contributed by atoms with van der Waals surface area (Å²) in [5.74, 6) is -1.09. The smallest absolute Gasteiger partial charge is 0.324 e. The van der Waals surface area contributed by atoms with Crippen molar-refractivity contribution < 1.29 is 19.5 Å². The molecule has 0 saturated heterocycles. The first kappa shape index (κ1) is 16.4. The molecule has 0 aromatic heterocycles. The lowest BCUT2D eigenvalue weighted by Crippen LogP contribution is -2.46. The van der Waals surface area contributed by atoms with Gasteiger partial charge in [-0.3, -0.25) is 14.9 Å². The van der Waals surface area contributed by atoms with Crippen LogP contribution < -0.4 is 5.32 Å². The van der Waals surface area contributed by atoms with E-state index in [1.807, 2.05) is 20.8 Å². The number of rotatable bonds is 6. The number of nitrogens with zero attached hydrogens (tertiary/aromatic N) is 1. The molecule has 6 nitrogen and oxygen atoms in total. The van der Waals surface area contributed by atoms with Gasteiger partial charge in [0, 0.05) is 25.9 Å². The number of aliphatic carboxylic acids is 1. The van der Waals surface area contributed by atoms with E-state index in [-0.39, 0.29) is 25.3 Å². The number of carboxylic acid groups (broad SMARTS) is 1. The standard InChI is InChI=1S/C12H22N2O4/c1-8(2)9(3)14(4)12(18)13-10(15)6-5-7-11(16)17/h8-9H,5-7H2,1-4H3,(H,16,17)(H,13,15,18). The molecule has 0 aromatic carbocycles.